The fourth-order valence-corrected chi connectivity index (χ4v) is 2.14. The number of rotatable bonds is 1. The number of aromatic nitrogens is 4. The van der Waals surface area contributed by atoms with E-state index in [1.54, 1.807) is 4.52 Å². The van der Waals surface area contributed by atoms with Gasteiger partial charge in [0.2, 0.25) is 0 Å². The van der Waals surface area contributed by atoms with Crippen LogP contribution in [-0.2, 0) is 0 Å². The van der Waals surface area contributed by atoms with E-state index in [9.17, 15) is 0 Å². The molecule has 0 radical (unpaired) electrons. The molecule has 3 heterocycles. The summed E-state index contributed by atoms with van der Waals surface area (Å²) in [5.41, 5.74) is 2.13. The Balaban J connectivity index is 1.95. The van der Waals surface area contributed by atoms with Crippen molar-refractivity contribution in [2.24, 2.45) is 0 Å². The predicted octanol–water partition coefficient (Wildman–Crippen LogP) is 0.591. The van der Waals surface area contributed by atoms with Crippen LogP contribution in [-0.4, -0.2) is 33.1 Å². The fraction of sp³-hybridized carbons (Fsp3) is 0.500. The lowest BCUT2D eigenvalue weighted by Gasteiger charge is -2.22. The van der Waals surface area contributed by atoms with Crippen LogP contribution in [0.25, 0.3) is 5.65 Å². The maximum atomic E-state index is 3.91. The zero-order valence-electron chi connectivity index (χ0n) is 8.43. The molecule has 5 heteroatoms. The van der Waals surface area contributed by atoms with Crippen molar-refractivity contribution in [2.45, 2.75) is 18.8 Å². The fourth-order valence-electron chi connectivity index (χ4n) is 2.14. The van der Waals surface area contributed by atoms with Crippen molar-refractivity contribution in [3.8, 4) is 0 Å². The Bertz CT molecular complexity index is 458. The van der Waals surface area contributed by atoms with Crippen LogP contribution in [0.4, 0.5) is 0 Å². The summed E-state index contributed by atoms with van der Waals surface area (Å²) in [5, 5.41) is 14.8. The molecule has 1 unspecified atom stereocenters. The van der Waals surface area contributed by atoms with Crippen LogP contribution in [0.3, 0.4) is 0 Å². The summed E-state index contributed by atoms with van der Waals surface area (Å²) >= 11 is 0. The summed E-state index contributed by atoms with van der Waals surface area (Å²) in [6, 6.07) is 4.10. The second-order valence-electron chi connectivity index (χ2n) is 3.99. The Morgan fingerprint density at radius 1 is 1.40 bits per heavy atom. The van der Waals surface area contributed by atoms with E-state index in [4.69, 9.17) is 0 Å². The van der Waals surface area contributed by atoms with Crippen molar-refractivity contribution >= 4 is 5.65 Å². The maximum Gasteiger partial charge on any atom is 0.179 e. The molecule has 78 valence electrons. The molecule has 0 spiro atoms. The van der Waals surface area contributed by atoms with Gasteiger partial charge in [0, 0.05) is 12.7 Å². The summed E-state index contributed by atoms with van der Waals surface area (Å²) in [6.07, 6.45) is 4.53. The number of nitrogens with one attached hydrogen (secondary N) is 1. The van der Waals surface area contributed by atoms with Gasteiger partial charge in [-0.1, -0.05) is 6.07 Å². The third-order valence-corrected chi connectivity index (χ3v) is 2.98. The van der Waals surface area contributed by atoms with Gasteiger partial charge in [-0.05, 0) is 47.4 Å². The Hall–Kier alpha value is -1.49. The van der Waals surface area contributed by atoms with Crippen molar-refractivity contribution in [3.63, 3.8) is 0 Å². The Kier molecular flexibility index (Phi) is 2.10. The predicted molar refractivity (Wildman–Crippen MR) is 55.6 cm³/mol. The van der Waals surface area contributed by atoms with Crippen molar-refractivity contribution < 1.29 is 0 Å². The van der Waals surface area contributed by atoms with Crippen LogP contribution in [0.15, 0.2) is 18.3 Å². The number of fused-ring (bicyclic) bond motifs is 1. The molecular formula is C10H13N5. The summed E-state index contributed by atoms with van der Waals surface area (Å²) in [6.45, 7) is 2.21. The highest BCUT2D eigenvalue weighted by Gasteiger charge is 2.15. The number of tetrazole rings is 1. The van der Waals surface area contributed by atoms with Gasteiger partial charge in [0.05, 0.1) is 0 Å². The Labute approximate surface area is 87.5 Å². The zero-order chi connectivity index (χ0) is 10.1. The zero-order valence-corrected chi connectivity index (χ0v) is 8.43. The van der Waals surface area contributed by atoms with Gasteiger partial charge in [-0.25, -0.2) is 4.52 Å². The summed E-state index contributed by atoms with van der Waals surface area (Å²) in [5.74, 6) is 0.604. The van der Waals surface area contributed by atoms with E-state index in [-0.39, 0.29) is 0 Å². The van der Waals surface area contributed by atoms with Gasteiger partial charge >= 0.3 is 0 Å². The maximum absolute atomic E-state index is 3.91. The largest absolute Gasteiger partial charge is 0.316 e. The molecule has 1 N–H and O–H groups in total. The Morgan fingerprint density at radius 2 is 2.40 bits per heavy atom. The normalized spacial score (nSPS) is 22.0. The van der Waals surface area contributed by atoms with Gasteiger partial charge in [0.15, 0.2) is 5.65 Å². The molecule has 1 atom stereocenters. The van der Waals surface area contributed by atoms with Gasteiger partial charge < -0.3 is 5.32 Å². The highest BCUT2D eigenvalue weighted by molar-refractivity contribution is 5.37. The number of pyridine rings is 1. The van der Waals surface area contributed by atoms with E-state index in [1.807, 2.05) is 12.3 Å². The average Bonchev–Trinajstić information content (AvgIpc) is 2.77. The van der Waals surface area contributed by atoms with E-state index in [0.29, 0.717) is 5.92 Å². The first-order valence-corrected chi connectivity index (χ1v) is 5.32. The molecule has 2 aromatic heterocycles. The van der Waals surface area contributed by atoms with E-state index >= 15 is 0 Å². The molecule has 1 aliphatic heterocycles. The van der Waals surface area contributed by atoms with Crippen LogP contribution in [0.1, 0.15) is 24.3 Å². The second-order valence-corrected chi connectivity index (χ2v) is 3.99. The monoisotopic (exact) mass is 203 g/mol. The standard InChI is InChI=1S/C10H13N5/c1-2-8(6-11-5-1)9-3-4-10-12-13-14-15(10)7-9/h3-4,7-8,11H,1-2,5-6H2. The third-order valence-electron chi connectivity index (χ3n) is 2.98. The molecule has 1 saturated heterocycles. The van der Waals surface area contributed by atoms with Crippen LogP contribution >= 0.6 is 0 Å². The minimum atomic E-state index is 0.604. The lowest BCUT2D eigenvalue weighted by atomic mass is 9.93. The summed E-state index contributed by atoms with van der Waals surface area (Å²) in [4.78, 5) is 0. The minimum Gasteiger partial charge on any atom is -0.316 e. The van der Waals surface area contributed by atoms with Crippen molar-refractivity contribution in [3.05, 3.63) is 23.9 Å². The smallest absolute Gasteiger partial charge is 0.179 e. The van der Waals surface area contributed by atoms with Crippen LogP contribution in [0.5, 0.6) is 0 Å². The molecular weight excluding hydrogens is 190 g/mol. The molecule has 1 fully saturated rings. The first-order valence-electron chi connectivity index (χ1n) is 5.32. The van der Waals surface area contributed by atoms with E-state index in [1.165, 1.54) is 18.4 Å². The van der Waals surface area contributed by atoms with Gasteiger partial charge in [-0.15, -0.1) is 5.10 Å². The van der Waals surface area contributed by atoms with Crippen molar-refractivity contribution in [1.82, 2.24) is 25.4 Å². The molecule has 0 bridgehead atoms. The Morgan fingerprint density at radius 3 is 3.27 bits per heavy atom. The lowest BCUT2D eigenvalue weighted by Crippen LogP contribution is -2.28. The van der Waals surface area contributed by atoms with E-state index in [0.717, 1.165) is 18.7 Å². The first-order chi connectivity index (χ1) is 7.43. The first kappa shape index (κ1) is 8.79. The molecule has 0 aliphatic carbocycles. The van der Waals surface area contributed by atoms with Crippen LogP contribution < -0.4 is 5.32 Å². The highest BCUT2D eigenvalue weighted by Crippen LogP contribution is 2.22. The van der Waals surface area contributed by atoms with Crippen LogP contribution in [0.2, 0.25) is 0 Å². The quantitative estimate of drug-likeness (QED) is 0.737. The van der Waals surface area contributed by atoms with Gasteiger partial charge in [-0.3, -0.25) is 0 Å². The molecule has 15 heavy (non-hydrogen) atoms. The van der Waals surface area contributed by atoms with E-state index in [2.05, 4.69) is 26.9 Å². The molecule has 5 nitrogen and oxygen atoms in total. The molecule has 3 rings (SSSR count). The molecule has 0 amide bonds. The third kappa shape index (κ3) is 1.59. The van der Waals surface area contributed by atoms with Crippen LogP contribution in [0, 0.1) is 0 Å². The second kappa shape index (κ2) is 3.58. The average molecular weight is 203 g/mol. The SMILES string of the molecule is c1cc2nnnn2cc1C1CCCNC1. The topological polar surface area (TPSA) is 55.1 Å². The number of hydrogen-bond donors (Lipinski definition) is 1. The number of hydrogen-bond acceptors (Lipinski definition) is 4. The molecule has 2 aromatic rings. The summed E-state index contributed by atoms with van der Waals surface area (Å²) in [7, 11) is 0. The van der Waals surface area contributed by atoms with Gasteiger partial charge in [0.1, 0.15) is 0 Å². The molecule has 0 aromatic carbocycles. The summed E-state index contributed by atoms with van der Waals surface area (Å²) < 4.78 is 1.74. The highest BCUT2D eigenvalue weighted by atomic mass is 15.5. The number of nitrogens with zero attached hydrogens (tertiary/aromatic N) is 4. The lowest BCUT2D eigenvalue weighted by molar-refractivity contribution is 0.460. The molecule has 1 aliphatic rings. The minimum absolute atomic E-state index is 0.604. The number of piperidine rings is 1. The van der Waals surface area contributed by atoms with Gasteiger partial charge in [0.25, 0.3) is 0 Å². The van der Waals surface area contributed by atoms with Gasteiger partial charge in [-0.2, -0.15) is 0 Å². The van der Waals surface area contributed by atoms with Crippen molar-refractivity contribution in [1.29, 1.82) is 0 Å². The van der Waals surface area contributed by atoms with Crippen molar-refractivity contribution in [2.75, 3.05) is 13.1 Å². The van der Waals surface area contributed by atoms with E-state index < -0.39 is 0 Å². The molecule has 0 saturated carbocycles.